The Bertz CT molecular complexity index is 753. The first kappa shape index (κ1) is 11.9. The molecule has 0 atom stereocenters. The smallest absolute Gasteiger partial charge is 0.275 e. The molecule has 0 aliphatic rings. The highest BCUT2D eigenvalue weighted by Gasteiger charge is 2.12. The van der Waals surface area contributed by atoms with E-state index in [0.29, 0.717) is 15.9 Å². The first-order valence-electron chi connectivity index (χ1n) is 5.59. The maximum atomic E-state index is 12.2. The van der Waals surface area contributed by atoms with E-state index < -0.39 is 0 Å². The van der Waals surface area contributed by atoms with Crippen molar-refractivity contribution in [2.75, 3.05) is 5.32 Å². The highest BCUT2D eigenvalue weighted by Crippen LogP contribution is 2.22. The number of fused-ring (bicyclic) bond motifs is 1. The molecule has 2 heterocycles. The van der Waals surface area contributed by atoms with Crippen molar-refractivity contribution in [3.8, 4) is 0 Å². The number of aromatic amines is 1. The zero-order valence-electron chi connectivity index (χ0n) is 9.72. The zero-order valence-corrected chi connectivity index (χ0v) is 11.3. The van der Waals surface area contributed by atoms with Gasteiger partial charge in [0.25, 0.3) is 5.91 Å². The summed E-state index contributed by atoms with van der Waals surface area (Å²) in [6.45, 7) is 0. The summed E-state index contributed by atoms with van der Waals surface area (Å²) in [5.74, 6) is -0.263. The lowest BCUT2D eigenvalue weighted by Crippen LogP contribution is -2.14. The molecule has 0 fully saturated rings. The highest BCUT2D eigenvalue weighted by molar-refractivity contribution is 9.10. The van der Waals surface area contributed by atoms with Gasteiger partial charge < -0.3 is 5.32 Å². The van der Waals surface area contributed by atoms with Crippen molar-refractivity contribution in [2.45, 2.75) is 0 Å². The van der Waals surface area contributed by atoms with Gasteiger partial charge in [0.2, 0.25) is 0 Å². The summed E-state index contributed by atoms with van der Waals surface area (Å²) in [7, 11) is 0. The van der Waals surface area contributed by atoms with E-state index in [0.717, 1.165) is 10.9 Å². The van der Waals surface area contributed by atoms with Crippen molar-refractivity contribution in [1.29, 1.82) is 0 Å². The fourth-order valence-corrected chi connectivity index (χ4v) is 2.25. The van der Waals surface area contributed by atoms with Gasteiger partial charge in [-0.15, -0.1) is 0 Å². The molecule has 0 saturated carbocycles. The molecule has 0 aliphatic heterocycles. The summed E-state index contributed by atoms with van der Waals surface area (Å²) in [6.07, 6.45) is 3.26. The number of amides is 1. The number of nitrogens with zero attached hydrogens (tertiary/aromatic N) is 2. The van der Waals surface area contributed by atoms with E-state index in [1.54, 1.807) is 24.5 Å². The van der Waals surface area contributed by atoms with E-state index in [9.17, 15) is 4.79 Å². The van der Waals surface area contributed by atoms with Crippen molar-refractivity contribution in [1.82, 2.24) is 15.2 Å². The van der Waals surface area contributed by atoms with E-state index >= 15 is 0 Å². The fraction of sp³-hybridized carbons (Fsp3) is 0. The van der Waals surface area contributed by atoms with Crippen LogP contribution < -0.4 is 5.32 Å². The van der Waals surface area contributed by atoms with Gasteiger partial charge in [-0.05, 0) is 40.2 Å². The third-order valence-corrected chi connectivity index (χ3v) is 3.35. The average Bonchev–Trinajstić information content (AvgIpc) is 2.88. The Hall–Kier alpha value is -2.21. The molecule has 19 heavy (non-hydrogen) atoms. The number of H-pyrrole nitrogens is 1. The second kappa shape index (κ2) is 4.81. The number of aromatic nitrogens is 3. The Kier molecular flexibility index (Phi) is 3.00. The first-order valence-corrected chi connectivity index (χ1v) is 6.39. The Balaban J connectivity index is 1.95. The second-order valence-corrected chi connectivity index (χ2v) is 4.78. The lowest BCUT2D eigenvalue weighted by molar-refractivity contribution is 0.102. The molecule has 3 rings (SSSR count). The van der Waals surface area contributed by atoms with Crippen LogP contribution in [0, 0.1) is 0 Å². The normalized spacial score (nSPS) is 10.6. The van der Waals surface area contributed by atoms with Gasteiger partial charge in [0, 0.05) is 16.1 Å². The van der Waals surface area contributed by atoms with Gasteiger partial charge in [-0.2, -0.15) is 5.10 Å². The monoisotopic (exact) mass is 316 g/mol. The molecule has 5 nitrogen and oxygen atoms in total. The van der Waals surface area contributed by atoms with Gasteiger partial charge in [-0.1, -0.05) is 6.07 Å². The number of benzene rings is 1. The molecule has 0 bridgehead atoms. The second-order valence-electron chi connectivity index (χ2n) is 3.92. The number of hydrogen-bond acceptors (Lipinski definition) is 3. The number of nitrogens with one attached hydrogen (secondary N) is 2. The molecule has 0 spiro atoms. The number of carbonyl (C=O) groups excluding carboxylic acids is 1. The lowest BCUT2D eigenvalue weighted by Gasteiger charge is -2.06. The van der Waals surface area contributed by atoms with E-state index in [-0.39, 0.29) is 5.91 Å². The molecule has 1 amide bonds. The van der Waals surface area contributed by atoms with Crippen LogP contribution in [0.1, 0.15) is 10.5 Å². The van der Waals surface area contributed by atoms with Gasteiger partial charge >= 0.3 is 0 Å². The summed E-state index contributed by atoms with van der Waals surface area (Å²) < 4.78 is 0.659. The van der Waals surface area contributed by atoms with Gasteiger partial charge in [-0.3, -0.25) is 9.89 Å². The highest BCUT2D eigenvalue weighted by atomic mass is 79.9. The van der Waals surface area contributed by atoms with E-state index in [1.165, 1.54) is 0 Å². The maximum absolute atomic E-state index is 12.2. The third-order valence-electron chi connectivity index (χ3n) is 2.71. The van der Waals surface area contributed by atoms with E-state index in [4.69, 9.17) is 0 Å². The molecule has 0 unspecified atom stereocenters. The Labute approximate surface area is 117 Å². The van der Waals surface area contributed by atoms with E-state index in [1.807, 2.05) is 18.2 Å². The summed E-state index contributed by atoms with van der Waals surface area (Å²) in [5.41, 5.74) is 1.93. The van der Waals surface area contributed by atoms with Crippen LogP contribution in [-0.2, 0) is 0 Å². The molecule has 0 radical (unpaired) electrons. The molecule has 94 valence electrons. The Morgan fingerprint density at radius 1 is 1.26 bits per heavy atom. The van der Waals surface area contributed by atoms with Crippen molar-refractivity contribution in [3.05, 3.63) is 52.9 Å². The largest absolute Gasteiger partial charge is 0.320 e. The molecule has 3 aromatic rings. The molecular weight excluding hydrogens is 308 g/mol. The zero-order chi connectivity index (χ0) is 13.2. The third kappa shape index (κ3) is 2.22. The van der Waals surface area contributed by atoms with Crippen molar-refractivity contribution in [2.24, 2.45) is 0 Å². The van der Waals surface area contributed by atoms with Crippen molar-refractivity contribution < 1.29 is 4.79 Å². The molecule has 0 aliphatic carbocycles. The average molecular weight is 317 g/mol. The lowest BCUT2D eigenvalue weighted by atomic mass is 10.2. The van der Waals surface area contributed by atoms with Gasteiger partial charge in [0.05, 0.1) is 17.4 Å². The Morgan fingerprint density at radius 3 is 3.00 bits per heavy atom. The van der Waals surface area contributed by atoms with Crippen LogP contribution >= 0.6 is 15.9 Å². The topological polar surface area (TPSA) is 70.7 Å². The standard InChI is InChI=1S/C13H9BrN4O/c14-9-3-2-6-15-12(9)13(19)17-10-4-1-5-11-8(10)7-16-18-11/h1-7H,(H,16,18)(H,17,19). The summed E-state index contributed by atoms with van der Waals surface area (Å²) in [4.78, 5) is 16.2. The van der Waals surface area contributed by atoms with Crippen LogP contribution in [0.15, 0.2) is 47.2 Å². The molecule has 2 aromatic heterocycles. The number of halogens is 1. The minimum absolute atomic E-state index is 0.263. The van der Waals surface area contributed by atoms with Crippen LogP contribution in [0.25, 0.3) is 10.9 Å². The number of carbonyl (C=O) groups is 1. The van der Waals surface area contributed by atoms with Gasteiger partial charge in [0.15, 0.2) is 0 Å². The van der Waals surface area contributed by atoms with Crippen LogP contribution in [-0.4, -0.2) is 21.1 Å². The number of anilines is 1. The van der Waals surface area contributed by atoms with Crippen LogP contribution in [0.2, 0.25) is 0 Å². The summed E-state index contributed by atoms with van der Waals surface area (Å²) >= 11 is 3.31. The first-order chi connectivity index (χ1) is 9.25. The molecule has 0 saturated heterocycles. The minimum Gasteiger partial charge on any atom is -0.320 e. The predicted molar refractivity (Wildman–Crippen MR) is 76.0 cm³/mol. The van der Waals surface area contributed by atoms with Gasteiger partial charge in [-0.25, -0.2) is 4.98 Å². The van der Waals surface area contributed by atoms with Crippen LogP contribution in [0.3, 0.4) is 0 Å². The number of rotatable bonds is 2. The summed E-state index contributed by atoms with van der Waals surface area (Å²) in [6, 6.07) is 9.11. The maximum Gasteiger partial charge on any atom is 0.275 e. The van der Waals surface area contributed by atoms with Crippen molar-refractivity contribution in [3.63, 3.8) is 0 Å². The van der Waals surface area contributed by atoms with Crippen molar-refractivity contribution >= 4 is 38.4 Å². The predicted octanol–water partition coefficient (Wildman–Crippen LogP) is 2.97. The molecule has 6 heteroatoms. The Morgan fingerprint density at radius 2 is 2.16 bits per heavy atom. The van der Waals surface area contributed by atoms with Crippen LogP contribution in [0.4, 0.5) is 5.69 Å². The molecule has 2 N–H and O–H groups in total. The number of hydrogen-bond donors (Lipinski definition) is 2. The number of pyridine rings is 1. The van der Waals surface area contributed by atoms with Crippen LogP contribution in [0.5, 0.6) is 0 Å². The quantitative estimate of drug-likeness (QED) is 0.763. The molecular formula is C13H9BrN4O. The molecule has 1 aromatic carbocycles. The minimum atomic E-state index is -0.263. The SMILES string of the molecule is O=C(Nc1cccc2[nH]ncc12)c1ncccc1Br. The van der Waals surface area contributed by atoms with Gasteiger partial charge in [0.1, 0.15) is 5.69 Å². The van der Waals surface area contributed by atoms with E-state index in [2.05, 4.69) is 36.4 Å². The summed E-state index contributed by atoms with van der Waals surface area (Å²) in [5, 5.41) is 10.5. The fourth-order valence-electron chi connectivity index (χ4n) is 1.81.